The number of sulfone groups is 1. The molecule has 0 aliphatic carbocycles. The van der Waals surface area contributed by atoms with Gasteiger partial charge in [-0.25, -0.2) is 8.42 Å². The molecule has 0 aliphatic rings. The summed E-state index contributed by atoms with van der Waals surface area (Å²) in [6, 6.07) is 12.9. The van der Waals surface area contributed by atoms with Gasteiger partial charge in [0.05, 0.1) is 9.81 Å². The first-order valence-electron chi connectivity index (χ1n) is 5.97. The van der Waals surface area contributed by atoms with Gasteiger partial charge in [0.25, 0.3) is 0 Å². The van der Waals surface area contributed by atoms with Crippen LogP contribution in [0, 0.1) is 0 Å². The fourth-order valence-corrected chi connectivity index (χ4v) is 3.17. The van der Waals surface area contributed by atoms with Crippen molar-refractivity contribution < 1.29 is 8.42 Å². The highest BCUT2D eigenvalue weighted by Gasteiger charge is 2.22. The molecule has 108 valence electrons. The number of benzene rings is 2. The van der Waals surface area contributed by atoms with Gasteiger partial charge in [-0.15, -0.1) is 0 Å². The molecule has 0 saturated heterocycles. The van der Waals surface area contributed by atoms with Gasteiger partial charge in [-0.1, -0.05) is 60.6 Å². The molecule has 5 heteroatoms. The second-order valence-corrected chi connectivity index (χ2v) is 7.23. The third kappa shape index (κ3) is 3.38. The summed E-state index contributed by atoms with van der Waals surface area (Å²) in [7, 11) is -3.75. The Morgan fingerprint density at radius 3 is 1.29 bits per heavy atom. The smallest absolute Gasteiger partial charge is 0.206 e. The Balaban J connectivity index is 2.37. The van der Waals surface area contributed by atoms with Crippen LogP contribution in [0.5, 0.6) is 0 Å². The summed E-state index contributed by atoms with van der Waals surface area (Å²) < 4.78 is 25.1. The second-order valence-electron chi connectivity index (χ2n) is 4.36. The molecule has 0 saturated carbocycles. The molecule has 0 amide bonds. The Hall–Kier alpha value is -1.55. The Bertz CT molecular complexity index is 726. The summed E-state index contributed by atoms with van der Waals surface area (Å²) in [5.41, 5.74) is 0.962. The molecule has 0 fully saturated rings. The zero-order chi connectivity index (χ0) is 15.6. The van der Waals surface area contributed by atoms with Crippen LogP contribution in [-0.4, -0.2) is 8.42 Å². The lowest BCUT2D eigenvalue weighted by Crippen LogP contribution is -2.04. The fourth-order valence-electron chi connectivity index (χ4n) is 1.73. The average Bonchev–Trinajstić information content (AvgIpc) is 2.47. The standard InChI is InChI=1S/C16H12Cl2O2S/c1-11(13-3-7-15(17)8-4-13)21(19,20)12(2)14-5-9-16(18)10-6-14/h3-10H,1-2H2. The molecule has 0 atom stereocenters. The third-order valence-corrected chi connectivity index (χ3v) is 5.25. The van der Waals surface area contributed by atoms with Crippen molar-refractivity contribution in [1.29, 1.82) is 0 Å². The highest BCUT2D eigenvalue weighted by atomic mass is 35.5. The molecule has 0 spiro atoms. The molecular weight excluding hydrogens is 327 g/mol. The molecule has 0 radical (unpaired) electrons. The van der Waals surface area contributed by atoms with Crippen molar-refractivity contribution in [2.45, 2.75) is 0 Å². The highest BCUT2D eigenvalue weighted by molar-refractivity contribution is 8.09. The van der Waals surface area contributed by atoms with E-state index in [1.54, 1.807) is 48.5 Å². The van der Waals surface area contributed by atoms with Crippen LogP contribution >= 0.6 is 23.2 Å². The maximum absolute atomic E-state index is 12.5. The van der Waals surface area contributed by atoms with E-state index in [1.807, 2.05) is 0 Å². The van der Waals surface area contributed by atoms with Crippen molar-refractivity contribution in [3.63, 3.8) is 0 Å². The van der Waals surface area contributed by atoms with Crippen LogP contribution in [0.4, 0.5) is 0 Å². The fraction of sp³-hybridized carbons (Fsp3) is 0. The van der Waals surface area contributed by atoms with Crippen LogP contribution in [0.25, 0.3) is 9.81 Å². The summed E-state index contributed by atoms with van der Waals surface area (Å²) in [5, 5.41) is 1.06. The van der Waals surface area contributed by atoms with Gasteiger partial charge in [0.1, 0.15) is 0 Å². The molecular formula is C16H12Cl2O2S. The quantitative estimate of drug-likeness (QED) is 0.781. The number of hydrogen-bond donors (Lipinski definition) is 0. The molecule has 2 rings (SSSR count). The average molecular weight is 339 g/mol. The number of hydrogen-bond acceptors (Lipinski definition) is 2. The molecule has 0 unspecified atom stereocenters. The van der Waals surface area contributed by atoms with Crippen molar-refractivity contribution in [3.8, 4) is 0 Å². The van der Waals surface area contributed by atoms with Gasteiger partial charge in [-0.3, -0.25) is 0 Å². The predicted octanol–water partition coefficient (Wildman–Crippen LogP) is 5.05. The van der Waals surface area contributed by atoms with Crippen molar-refractivity contribution in [2.24, 2.45) is 0 Å². The molecule has 0 bridgehead atoms. The van der Waals surface area contributed by atoms with E-state index < -0.39 is 9.84 Å². The molecule has 0 heterocycles. The summed E-state index contributed by atoms with van der Waals surface area (Å²) >= 11 is 11.6. The van der Waals surface area contributed by atoms with E-state index in [-0.39, 0.29) is 9.81 Å². The largest absolute Gasteiger partial charge is 0.219 e. The van der Waals surface area contributed by atoms with Gasteiger partial charge in [-0.2, -0.15) is 0 Å². The molecule has 2 aromatic carbocycles. The first-order chi connectivity index (χ1) is 9.82. The van der Waals surface area contributed by atoms with Crippen LogP contribution in [0.2, 0.25) is 10.0 Å². The monoisotopic (exact) mass is 338 g/mol. The highest BCUT2D eigenvalue weighted by Crippen LogP contribution is 2.31. The molecule has 21 heavy (non-hydrogen) atoms. The maximum atomic E-state index is 12.5. The lowest BCUT2D eigenvalue weighted by atomic mass is 10.2. The van der Waals surface area contributed by atoms with Crippen molar-refractivity contribution in [3.05, 3.63) is 82.9 Å². The second kappa shape index (κ2) is 6.06. The summed E-state index contributed by atoms with van der Waals surface area (Å²) in [6.07, 6.45) is 0. The molecule has 0 N–H and O–H groups in total. The minimum absolute atomic E-state index is 0.0147. The van der Waals surface area contributed by atoms with Crippen LogP contribution < -0.4 is 0 Å². The van der Waals surface area contributed by atoms with Crippen LogP contribution in [0.3, 0.4) is 0 Å². The number of rotatable bonds is 4. The van der Waals surface area contributed by atoms with Gasteiger partial charge >= 0.3 is 0 Å². The minimum atomic E-state index is -3.75. The summed E-state index contributed by atoms with van der Waals surface area (Å²) in [6.45, 7) is 7.34. The van der Waals surface area contributed by atoms with E-state index in [1.165, 1.54) is 0 Å². The van der Waals surface area contributed by atoms with Gasteiger partial charge in [0.2, 0.25) is 9.84 Å². The van der Waals surface area contributed by atoms with E-state index >= 15 is 0 Å². The van der Waals surface area contributed by atoms with Gasteiger partial charge < -0.3 is 0 Å². The van der Waals surface area contributed by atoms with Crippen LogP contribution in [0.15, 0.2) is 61.7 Å². The topological polar surface area (TPSA) is 34.1 Å². The van der Waals surface area contributed by atoms with E-state index in [9.17, 15) is 8.42 Å². The first kappa shape index (κ1) is 15.8. The van der Waals surface area contributed by atoms with E-state index in [4.69, 9.17) is 23.2 Å². The summed E-state index contributed by atoms with van der Waals surface area (Å²) in [4.78, 5) is -0.0294. The molecule has 0 aliphatic heterocycles. The lowest BCUT2D eigenvalue weighted by molar-refractivity contribution is 0.615. The zero-order valence-electron chi connectivity index (χ0n) is 11.0. The van der Waals surface area contributed by atoms with Gasteiger partial charge in [0.15, 0.2) is 0 Å². The molecule has 2 aromatic rings. The van der Waals surface area contributed by atoms with Crippen molar-refractivity contribution in [2.75, 3.05) is 0 Å². The van der Waals surface area contributed by atoms with Crippen molar-refractivity contribution >= 4 is 42.8 Å². The minimum Gasteiger partial charge on any atom is -0.219 e. The first-order valence-corrected chi connectivity index (χ1v) is 8.21. The molecule has 2 nitrogen and oxygen atoms in total. The predicted molar refractivity (Wildman–Crippen MR) is 89.9 cm³/mol. The lowest BCUT2D eigenvalue weighted by Gasteiger charge is -2.11. The van der Waals surface area contributed by atoms with Crippen LogP contribution in [-0.2, 0) is 9.84 Å². The zero-order valence-corrected chi connectivity index (χ0v) is 13.3. The SMILES string of the molecule is C=C(c1ccc(Cl)cc1)S(=O)(=O)C(=C)c1ccc(Cl)cc1. The normalized spacial score (nSPS) is 11.1. The Morgan fingerprint density at radius 2 is 1.00 bits per heavy atom. The maximum Gasteiger partial charge on any atom is 0.206 e. The van der Waals surface area contributed by atoms with Crippen LogP contribution in [0.1, 0.15) is 11.1 Å². The van der Waals surface area contributed by atoms with E-state index in [0.717, 1.165) is 0 Å². The summed E-state index contributed by atoms with van der Waals surface area (Å²) in [5.74, 6) is 0. The Kier molecular flexibility index (Phi) is 4.57. The van der Waals surface area contributed by atoms with E-state index in [2.05, 4.69) is 13.2 Å². The number of halogens is 2. The van der Waals surface area contributed by atoms with Gasteiger partial charge in [0, 0.05) is 10.0 Å². The Labute approximate surface area is 134 Å². The third-order valence-electron chi connectivity index (χ3n) is 2.98. The van der Waals surface area contributed by atoms with E-state index in [0.29, 0.717) is 21.2 Å². The molecule has 0 aromatic heterocycles. The van der Waals surface area contributed by atoms with Crippen molar-refractivity contribution in [1.82, 2.24) is 0 Å². The van der Waals surface area contributed by atoms with Gasteiger partial charge in [-0.05, 0) is 35.4 Å². The Morgan fingerprint density at radius 1 is 0.714 bits per heavy atom.